The second-order valence-electron chi connectivity index (χ2n) is 4.59. The maximum atomic E-state index is 11.0. The summed E-state index contributed by atoms with van der Waals surface area (Å²) < 4.78 is 1.08. The summed E-state index contributed by atoms with van der Waals surface area (Å²) in [6, 6.07) is 8.21. The fourth-order valence-electron chi connectivity index (χ4n) is 1.86. The van der Waals surface area contributed by atoms with Crippen molar-refractivity contribution < 1.29 is 9.90 Å². The van der Waals surface area contributed by atoms with E-state index in [1.807, 2.05) is 26.1 Å². The molecule has 1 atom stereocenters. The largest absolute Gasteiger partial charge is 0.481 e. The number of nitrogens with zero attached hydrogens (tertiary/aromatic N) is 1. The van der Waals surface area contributed by atoms with Gasteiger partial charge in [0.1, 0.15) is 0 Å². The predicted molar refractivity (Wildman–Crippen MR) is 76.8 cm³/mol. The molecule has 0 amide bonds. The summed E-state index contributed by atoms with van der Waals surface area (Å²) in [7, 11) is 1.98. The Morgan fingerprint density at radius 3 is 2.78 bits per heavy atom. The Morgan fingerprint density at radius 1 is 1.50 bits per heavy atom. The minimum Gasteiger partial charge on any atom is -0.481 e. The molecule has 0 heterocycles. The van der Waals surface area contributed by atoms with E-state index in [0.29, 0.717) is 13.0 Å². The maximum Gasteiger partial charge on any atom is 0.307 e. The first-order valence-electron chi connectivity index (χ1n) is 6.18. The third kappa shape index (κ3) is 5.19. The molecule has 0 aliphatic rings. The second-order valence-corrected chi connectivity index (χ2v) is 5.50. The molecule has 0 saturated heterocycles. The van der Waals surface area contributed by atoms with E-state index in [1.165, 1.54) is 5.56 Å². The van der Waals surface area contributed by atoms with Crippen LogP contribution in [-0.4, -0.2) is 36.1 Å². The van der Waals surface area contributed by atoms with Crippen LogP contribution < -0.4 is 0 Å². The third-order valence-corrected chi connectivity index (χ3v) is 3.54. The average Bonchev–Trinajstić information content (AvgIpc) is 2.33. The number of rotatable bonds is 7. The molecule has 0 aliphatic carbocycles. The molecule has 0 saturated carbocycles. The molecule has 1 unspecified atom stereocenters. The number of benzene rings is 1. The molecule has 0 spiro atoms. The van der Waals surface area contributed by atoms with Crippen LogP contribution in [0.1, 0.15) is 18.9 Å². The van der Waals surface area contributed by atoms with Crippen molar-refractivity contribution in [2.75, 3.05) is 20.1 Å². The van der Waals surface area contributed by atoms with Crippen LogP contribution in [0.5, 0.6) is 0 Å². The summed E-state index contributed by atoms with van der Waals surface area (Å²) in [6.45, 7) is 3.40. The van der Waals surface area contributed by atoms with Crippen LogP contribution in [0.4, 0.5) is 0 Å². The average molecular weight is 314 g/mol. The van der Waals surface area contributed by atoms with Gasteiger partial charge in [0.2, 0.25) is 0 Å². The van der Waals surface area contributed by atoms with Crippen LogP contribution >= 0.6 is 15.9 Å². The fourth-order valence-corrected chi connectivity index (χ4v) is 2.31. The molecule has 4 heteroatoms. The van der Waals surface area contributed by atoms with Crippen molar-refractivity contribution in [3.8, 4) is 0 Å². The van der Waals surface area contributed by atoms with Gasteiger partial charge in [0.25, 0.3) is 0 Å². The lowest BCUT2D eigenvalue weighted by molar-refractivity contribution is -0.142. The van der Waals surface area contributed by atoms with Gasteiger partial charge in [0, 0.05) is 17.6 Å². The molecule has 1 N–H and O–H groups in total. The number of halogens is 1. The van der Waals surface area contributed by atoms with Crippen molar-refractivity contribution in [3.05, 3.63) is 34.3 Å². The van der Waals surface area contributed by atoms with E-state index >= 15 is 0 Å². The van der Waals surface area contributed by atoms with E-state index in [-0.39, 0.29) is 5.92 Å². The van der Waals surface area contributed by atoms with Crippen LogP contribution in [0.3, 0.4) is 0 Å². The highest BCUT2D eigenvalue weighted by Crippen LogP contribution is 2.12. The number of carbonyl (C=O) groups is 1. The van der Waals surface area contributed by atoms with Gasteiger partial charge < -0.3 is 10.0 Å². The molecule has 0 fully saturated rings. The van der Waals surface area contributed by atoms with Gasteiger partial charge in [-0.15, -0.1) is 0 Å². The van der Waals surface area contributed by atoms with Gasteiger partial charge in [0.15, 0.2) is 0 Å². The lowest BCUT2D eigenvalue weighted by Crippen LogP contribution is -2.31. The van der Waals surface area contributed by atoms with Gasteiger partial charge in [-0.3, -0.25) is 4.79 Å². The minimum atomic E-state index is -0.702. The Labute approximate surface area is 117 Å². The topological polar surface area (TPSA) is 40.5 Å². The summed E-state index contributed by atoms with van der Waals surface area (Å²) >= 11 is 3.45. The Hall–Kier alpha value is -0.870. The first-order chi connectivity index (χ1) is 8.52. The van der Waals surface area contributed by atoms with Crippen molar-refractivity contribution in [2.45, 2.75) is 19.8 Å². The van der Waals surface area contributed by atoms with Gasteiger partial charge >= 0.3 is 5.97 Å². The molecule has 3 nitrogen and oxygen atoms in total. The number of hydrogen-bond acceptors (Lipinski definition) is 2. The van der Waals surface area contributed by atoms with E-state index in [2.05, 4.69) is 33.0 Å². The standard InChI is InChI=1S/C14H20BrNO2/c1-3-12(14(17)18)10-16(2)8-7-11-5-4-6-13(15)9-11/h4-6,9,12H,3,7-8,10H2,1-2H3,(H,17,18). The van der Waals surface area contributed by atoms with Gasteiger partial charge in [-0.1, -0.05) is 35.0 Å². The Kier molecular flexibility index (Phi) is 6.36. The number of carboxylic acid groups (broad SMARTS) is 1. The van der Waals surface area contributed by atoms with E-state index in [9.17, 15) is 4.79 Å². The highest BCUT2D eigenvalue weighted by molar-refractivity contribution is 9.10. The van der Waals surface area contributed by atoms with Crippen molar-refractivity contribution in [3.63, 3.8) is 0 Å². The monoisotopic (exact) mass is 313 g/mol. The maximum absolute atomic E-state index is 11.0. The van der Waals surface area contributed by atoms with Crippen LogP contribution in [0.25, 0.3) is 0 Å². The molecule has 0 radical (unpaired) electrons. The van der Waals surface area contributed by atoms with Gasteiger partial charge in [-0.05, 0) is 37.6 Å². The Morgan fingerprint density at radius 2 is 2.22 bits per heavy atom. The third-order valence-electron chi connectivity index (χ3n) is 3.05. The summed E-state index contributed by atoms with van der Waals surface area (Å²) in [5.74, 6) is -0.968. The highest BCUT2D eigenvalue weighted by atomic mass is 79.9. The van der Waals surface area contributed by atoms with Crippen LogP contribution in [0.15, 0.2) is 28.7 Å². The second kappa shape index (κ2) is 7.54. The summed E-state index contributed by atoms with van der Waals surface area (Å²) in [6.07, 6.45) is 1.61. The van der Waals surface area contributed by atoms with Crippen molar-refractivity contribution >= 4 is 21.9 Å². The van der Waals surface area contributed by atoms with Crippen LogP contribution in [0, 0.1) is 5.92 Å². The Bertz CT molecular complexity index is 395. The number of hydrogen-bond donors (Lipinski definition) is 1. The zero-order valence-electron chi connectivity index (χ0n) is 10.9. The minimum absolute atomic E-state index is 0.266. The summed E-state index contributed by atoms with van der Waals surface area (Å²) in [4.78, 5) is 13.0. The van der Waals surface area contributed by atoms with Gasteiger partial charge in [-0.25, -0.2) is 0 Å². The number of likely N-dealkylation sites (N-methyl/N-ethyl adjacent to an activating group) is 1. The smallest absolute Gasteiger partial charge is 0.307 e. The van der Waals surface area contributed by atoms with Crippen molar-refractivity contribution in [2.24, 2.45) is 5.92 Å². The van der Waals surface area contributed by atoms with Gasteiger partial charge in [0.05, 0.1) is 5.92 Å². The zero-order valence-corrected chi connectivity index (χ0v) is 12.5. The molecule has 0 bridgehead atoms. The van der Waals surface area contributed by atoms with Crippen LogP contribution in [-0.2, 0) is 11.2 Å². The SMILES string of the molecule is CCC(CN(C)CCc1cccc(Br)c1)C(=O)O. The summed E-state index contributed by atoms with van der Waals surface area (Å²) in [5.41, 5.74) is 1.26. The fraction of sp³-hybridized carbons (Fsp3) is 0.500. The van der Waals surface area contributed by atoms with Gasteiger partial charge in [-0.2, -0.15) is 0 Å². The lowest BCUT2D eigenvalue weighted by Gasteiger charge is -2.20. The molecule has 0 aliphatic heterocycles. The molecular weight excluding hydrogens is 294 g/mol. The molecule has 1 aromatic rings. The van der Waals surface area contributed by atoms with E-state index in [1.54, 1.807) is 0 Å². The Balaban J connectivity index is 2.41. The zero-order chi connectivity index (χ0) is 13.5. The molecule has 1 rings (SSSR count). The molecular formula is C14H20BrNO2. The first-order valence-corrected chi connectivity index (χ1v) is 6.98. The van der Waals surface area contributed by atoms with Crippen molar-refractivity contribution in [1.29, 1.82) is 0 Å². The molecule has 1 aromatic carbocycles. The number of carboxylic acids is 1. The highest BCUT2D eigenvalue weighted by Gasteiger charge is 2.16. The first kappa shape index (κ1) is 15.2. The normalized spacial score (nSPS) is 12.7. The van der Waals surface area contributed by atoms with E-state index < -0.39 is 5.97 Å². The van der Waals surface area contributed by atoms with E-state index in [0.717, 1.165) is 17.4 Å². The number of aliphatic carboxylic acids is 1. The van der Waals surface area contributed by atoms with Crippen LogP contribution in [0.2, 0.25) is 0 Å². The van der Waals surface area contributed by atoms with E-state index in [4.69, 9.17) is 5.11 Å². The molecule has 18 heavy (non-hydrogen) atoms. The quantitative estimate of drug-likeness (QED) is 0.841. The lowest BCUT2D eigenvalue weighted by atomic mass is 10.1. The molecule has 0 aromatic heterocycles. The summed E-state index contributed by atoms with van der Waals surface area (Å²) in [5, 5.41) is 9.01. The van der Waals surface area contributed by atoms with Crippen molar-refractivity contribution in [1.82, 2.24) is 4.90 Å². The predicted octanol–water partition coefficient (Wildman–Crippen LogP) is 3.03. The molecule has 100 valence electrons.